The molecule has 8 N–H and O–H groups in total. The molecule has 0 unspecified atom stereocenters. The van der Waals surface area contributed by atoms with Crippen molar-refractivity contribution < 1.29 is 16.8 Å². The van der Waals surface area contributed by atoms with Crippen LogP contribution in [0.4, 0.5) is 0 Å². The fourth-order valence-corrected chi connectivity index (χ4v) is 3.46. The van der Waals surface area contributed by atoms with Crippen molar-refractivity contribution in [1.29, 1.82) is 0 Å². The van der Waals surface area contributed by atoms with Gasteiger partial charge in [0, 0.05) is 18.8 Å². The quantitative estimate of drug-likeness (QED) is 0.449. The van der Waals surface area contributed by atoms with Crippen LogP contribution in [0.15, 0.2) is 60.7 Å². The average molecular weight is 357 g/mol. The highest BCUT2D eigenvalue weighted by atomic mass is 14.9. The van der Waals surface area contributed by atoms with E-state index in [2.05, 4.69) is 77.4 Å². The van der Waals surface area contributed by atoms with Gasteiger partial charge in [-0.05, 0) is 36.8 Å². The summed E-state index contributed by atoms with van der Waals surface area (Å²) in [6, 6.07) is 22.4. The van der Waals surface area contributed by atoms with Crippen molar-refractivity contribution in [2.45, 2.75) is 44.6 Å². The van der Waals surface area contributed by atoms with Gasteiger partial charge in [0.25, 0.3) is 0 Å². The molecule has 0 fully saturated rings. The van der Waals surface area contributed by atoms with Gasteiger partial charge in [-0.15, -0.1) is 0 Å². The van der Waals surface area contributed by atoms with Crippen LogP contribution in [0.5, 0.6) is 0 Å². The monoisotopic (exact) mass is 356 g/mol. The SMILES string of the molecule is [NH3+]C[C@@H]([NH3+])CCC[NH2+]CC(CCc1ccccc1)CCc1ccccc1. The molecule has 0 bridgehead atoms. The zero-order valence-electron chi connectivity index (χ0n) is 16.3. The summed E-state index contributed by atoms with van der Waals surface area (Å²) in [4.78, 5) is 0. The van der Waals surface area contributed by atoms with Gasteiger partial charge in [-0.25, -0.2) is 0 Å². The molecular weight excluding hydrogens is 318 g/mol. The first-order valence-corrected chi connectivity index (χ1v) is 10.3. The summed E-state index contributed by atoms with van der Waals surface area (Å²) in [7, 11) is 0. The highest BCUT2D eigenvalue weighted by Crippen LogP contribution is 2.15. The van der Waals surface area contributed by atoms with E-state index in [1.165, 1.54) is 62.7 Å². The molecule has 1 atom stereocenters. The first kappa shape index (κ1) is 20.6. The van der Waals surface area contributed by atoms with Gasteiger partial charge >= 0.3 is 0 Å². The Kier molecular flexibility index (Phi) is 10.0. The number of aryl methyl sites for hydroxylation is 2. The second-order valence-electron chi connectivity index (χ2n) is 7.52. The van der Waals surface area contributed by atoms with Crippen LogP contribution in [0.1, 0.15) is 36.8 Å². The van der Waals surface area contributed by atoms with Crippen LogP contribution in [0, 0.1) is 5.92 Å². The Bertz CT molecular complexity index is 527. The van der Waals surface area contributed by atoms with Gasteiger partial charge in [-0.1, -0.05) is 60.7 Å². The Morgan fingerprint density at radius 2 is 1.31 bits per heavy atom. The molecule has 0 saturated carbocycles. The van der Waals surface area contributed by atoms with E-state index >= 15 is 0 Å². The lowest BCUT2D eigenvalue weighted by Crippen LogP contribution is -2.85. The second-order valence-corrected chi connectivity index (χ2v) is 7.52. The summed E-state index contributed by atoms with van der Waals surface area (Å²) < 4.78 is 0. The Morgan fingerprint density at radius 3 is 1.81 bits per heavy atom. The molecule has 2 aromatic rings. The van der Waals surface area contributed by atoms with Gasteiger partial charge in [0.05, 0.1) is 13.1 Å². The summed E-state index contributed by atoms with van der Waals surface area (Å²) in [6.45, 7) is 3.42. The van der Waals surface area contributed by atoms with Crippen molar-refractivity contribution in [1.82, 2.24) is 0 Å². The molecule has 3 heteroatoms. The van der Waals surface area contributed by atoms with E-state index in [9.17, 15) is 0 Å². The summed E-state index contributed by atoms with van der Waals surface area (Å²) in [5, 5.41) is 2.52. The van der Waals surface area contributed by atoms with Gasteiger partial charge in [0.2, 0.25) is 0 Å². The third-order valence-corrected chi connectivity index (χ3v) is 5.30. The maximum atomic E-state index is 4.14. The Balaban J connectivity index is 1.76. The number of hydrogen-bond donors (Lipinski definition) is 3. The zero-order chi connectivity index (χ0) is 18.5. The Morgan fingerprint density at radius 1 is 0.769 bits per heavy atom. The zero-order valence-corrected chi connectivity index (χ0v) is 16.3. The summed E-state index contributed by atoms with van der Waals surface area (Å²) >= 11 is 0. The van der Waals surface area contributed by atoms with Crippen molar-refractivity contribution >= 4 is 0 Å². The van der Waals surface area contributed by atoms with Gasteiger partial charge < -0.3 is 16.8 Å². The first-order valence-electron chi connectivity index (χ1n) is 10.3. The van der Waals surface area contributed by atoms with Crippen LogP contribution < -0.4 is 16.8 Å². The van der Waals surface area contributed by atoms with Crippen molar-refractivity contribution in [3.05, 3.63) is 71.8 Å². The van der Waals surface area contributed by atoms with Crippen molar-refractivity contribution in [2.24, 2.45) is 5.92 Å². The van der Waals surface area contributed by atoms with Crippen molar-refractivity contribution in [2.75, 3.05) is 19.6 Å². The molecule has 0 amide bonds. The maximum Gasteiger partial charge on any atom is 0.134 e. The molecule has 0 aliphatic heterocycles. The fourth-order valence-electron chi connectivity index (χ4n) is 3.46. The molecule has 0 aromatic heterocycles. The topological polar surface area (TPSA) is 71.9 Å². The molecule has 2 aromatic carbocycles. The van der Waals surface area contributed by atoms with Gasteiger partial charge in [-0.3, -0.25) is 0 Å². The lowest BCUT2D eigenvalue weighted by Gasteiger charge is -2.16. The molecule has 2 rings (SSSR count). The summed E-state index contributed by atoms with van der Waals surface area (Å²) in [5.74, 6) is 0.777. The van der Waals surface area contributed by atoms with Gasteiger partial charge in [0.1, 0.15) is 12.6 Å². The Hall–Kier alpha value is -1.68. The molecule has 0 aliphatic rings. The summed E-state index contributed by atoms with van der Waals surface area (Å²) in [5.41, 5.74) is 11.0. The van der Waals surface area contributed by atoms with E-state index in [0.717, 1.165) is 12.5 Å². The third kappa shape index (κ3) is 8.61. The molecule has 3 nitrogen and oxygen atoms in total. The predicted molar refractivity (Wildman–Crippen MR) is 108 cm³/mol. The number of hydrogen-bond acceptors (Lipinski definition) is 0. The van der Waals surface area contributed by atoms with E-state index in [0.29, 0.717) is 6.04 Å². The summed E-state index contributed by atoms with van der Waals surface area (Å²) in [6.07, 6.45) is 7.41. The normalized spacial score (nSPS) is 12.4. The smallest absolute Gasteiger partial charge is 0.134 e. The lowest BCUT2D eigenvalue weighted by molar-refractivity contribution is -0.661. The first-order chi connectivity index (χ1) is 12.8. The molecular formula is C23H38N3+3. The van der Waals surface area contributed by atoms with E-state index in [4.69, 9.17) is 0 Å². The van der Waals surface area contributed by atoms with Crippen LogP contribution in [0.3, 0.4) is 0 Å². The Labute approximate surface area is 159 Å². The molecule has 0 heterocycles. The third-order valence-electron chi connectivity index (χ3n) is 5.30. The van der Waals surface area contributed by atoms with Crippen LogP contribution in [0.2, 0.25) is 0 Å². The number of quaternary nitrogens is 3. The second kappa shape index (κ2) is 12.6. The predicted octanol–water partition coefficient (Wildman–Crippen LogP) is 1.06. The molecule has 26 heavy (non-hydrogen) atoms. The molecule has 0 aliphatic carbocycles. The highest BCUT2D eigenvalue weighted by molar-refractivity contribution is 5.15. The van der Waals surface area contributed by atoms with E-state index in [1.807, 2.05) is 0 Å². The van der Waals surface area contributed by atoms with Gasteiger partial charge in [0.15, 0.2) is 0 Å². The van der Waals surface area contributed by atoms with Gasteiger partial charge in [-0.2, -0.15) is 0 Å². The minimum absolute atomic E-state index is 0.523. The standard InChI is InChI=1S/C23H35N3/c24-18-23(25)12-7-17-26-19-22(15-13-20-8-3-1-4-9-20)16-14-21-10-5-2-6-11-21/h1-6,8-11,22-23,26H,7,12-19,24-25H2/p+3/t23-/m0/s1. The minimum atomic E-state index is 0.523. The molecule has 142 valence electrons. The van der Waals surface area contributed by atoms with Crippen molar-refractivity contribution in [3.63, 3.8) is 0 Å². The average Bonchev–Trinajstić information content (AvgIpc) is 2.70. The minimum Gasteiger partial charge on any atom is -0.353 e. The molecule has 0 spiro atoms. The number of rotatable bonds is 13. The number of benzene rings is 2. The number of nitrogens with two attached hydrogens (primary N) is 1. The molecule has 0 saturated heterocycles. The van der Waals surface area contributed by atoms with Crippen molar-refractivity contribution in [3.8, 4) is 0 Å². The molecule has 0 radical (unpaired) electrons. The van der Waals surface area contributed by atoms with Crippen LogP contribution in [0.25, 0.3) is 0 Å². The lowest BCUT2D eigenvalue weighted by atomic mass is 9.93. The van der Waals surface area contributed by atoms with Crippen LogP contribution >= 0.6 is 0 Å². The maximum absolute atomic E-state index is 4.14. The fraction of sp³-hybridized carbons (Fsp3) is 0.478. The van der Waals surface area contributed by atoms with Crippen LogP contribution in [-0.4, -0.2) is 25.7 Å². The van der Waals surface area contributed by atoms with E-state index < -0.39 is 0 Å². The van der Waals surface area contributed by atoms with E-state index in [1.54, 1.807) is 0 Å². The largest absolute Gasteiger partial charge is 0.353 e. The van der Waals surface area contributed by atoms with Crippen LogP contribution in [-0.2, 0) is 12.8 Å². The van der Waals surface area contributed by atoms with E-state index in [-0.39, 0.29) is 0 Å². The highest BCUT2D eigenvalue weighted by Gasteiger charge is 2.12.